The largest absolute Gasteiger partial charge is 0.354 e. The lowest BCUT2D eigenvalue weighted by atomic mass is 10.2. The number of carbonyl (C=O) groups excluding carboxylic acids is 1. The number of para-hydroxylation sites is 1. The number of benzene rings is 2. The smallest absolute Gasteiger partial charge is 0.235 e. The maximum atomic E-state index is 12.4. The van der Waals surface area contributed by atoms with Crippen molar-refractivity contribution in [3.63, 3.8) is 0 Å². The third-order valence-corrected chi connectivity index (χ3v) is 8.11. The number of sulfone groups is 1. The summed E-state index contributed by atoms with van der Waals surface area (Å²) in [4.78, 5) is 21.6. The number of carbonyl (C=O) groups is 1. The van der Waals surface area contributed by atoms with Crippen molar-refractivity contribution in [2.75, 3.05) is 49.9 Å². The fraction of sp³-hybridized carbons (Fsp3) is 0.364. The highest BCUT2D eigenvalue weighted by atomic mass is 32.2. The Kier molecular flexibility index (Phi) is 6.54. The second-order valence-electron chi connectivity index (χ2n) is 7.71. The van der Waals surface area contributed by atoms with E-state index in [2.05, 4.69) is 21.2 Å². The summed E-state index contributed by atoms with van der Waals surface area (Å²) >= 11 is 1.71. The molecule has 7 nitrogen and oxygen atoms in total. The molecule has 0 spiro atoms. The van der Waals surface area contributed by atoms with Crippen molar-refractivity contribution in [2.45, 2.75) is 11.8 Å². The first-order chi connectivity index (χ1) is 14.9. The zero-order valence-electron chi connectivity index (χ0n) is 17.5. The average molecular weight is 459 g/mol. The molecular weight excluding hydrogens is 432 g/mol. The zero-order chi connectivity index (χ0) is 21.8. The first-order valence-electron chi connectivity index (χ1n) is 10.3. The van der Waals surface area contributed by atoms with Crippen molar-refractivity contribution in [1.29, 1.82) is 0 Å². The molecule has 1 aromatic heterocycles. The van der Waals surface area contributed by atoms with E-state index in [1.54, 1.807) is 35.6 Å². The average Bonchev–Trinajstić information content (AvgIpc) is 3.18. The van der Waals surface area contributed by atoms with Crippen LogP contribution in [0.15, 0.2) is 53.4 Å². The van der Waals surface area contributed by atoms with E-state index in [-0.39, 0.29) is 4.90 Å². The van der Waals surface area contributed by atoms with Crippen LogP contribution in [0.1, 0.15) is 5.56 Å². The minimum atomic E-state index is -3.62. The standard InChI is InChI=1S/C22H26N4O3S2/c1-17-6-8-18(9-7-17)31(28,29)16-21(27)23-10-11-25-12-14-26(15-13-25)22-24-19-4-2-3-5-20(19)30-22/h2-9H,10-16H2,1H3,(H,23,27). The Morgan fingerprint density at radius 2 is 1.77 bits per heavy atom. The van der Waals surface area contributed by atoms with Crippen LogP contribution in [0, 0.1) is 6.92 Å². The van der Waals surface area contributed by atoms with Gasteiger partial charge in [-0.15, -0.1) is 0 Å². The number of amides is 1. The SMILES string of the molecule is Cc1ccc(S(=O)(=O)CC(=O)NCCN2CCN(c3nc4ccccc4s3)CC2)cc1. The molecule has 0 bridgehead atoms. The summed E-state index contributed by atoms with van der Waals surface area (Å²) in [5.41, 5.74) is 2.01. The van der Waals surface area contributed by atoms with Gasteiger partial charge in [0.1, 0.15) is 5.75 Å². The number of rotatable bonds is 7. The molecule has 4 rings (SSSR count). The van der Waals surface area contributed by atoms with Crippen molar-refractivity contribution < 1.29 is 13.2 Å². The van der Waals surface area contributed by atoms with Gasteiger partial charge in [0.25, 0.3) is 0 Å². The number of thiazole rings is 1. The van der Waals surface area contributed by atoms with Crippen molar-refractivity contribution in [3.8, 4) is 0 Å². The number of nitrogens with zero attached hydrogens (tertiary/aromatic N) is 3. The van der Waals surface area contributed by atoms with Crippen molar-refractivity contribution in [1.82, 2.24) is 15.2 Å². The van der Waals surface area contributed by atoms with Crippen LogP contribution in [0.2, 0.25) is 0 Å². The third kappa shape index (κ3) is 5.41. The molecule has 0 saturated carbocycles. The molecule has 1 aliphatic heterocycles. The Balaban J connectivity index is 1.21. The monoisotopic (exact) mass is 458 g/mol. The quantitative estimate of drug-likeness (QED) is 0.585. The minimum Gasteiger partial charge on any atom is -0.354 e. The summed E-state index contributed by atoms with van der Waals surface area (Å²) in [6.45, 7) is 6.56. The predicted octanol–water partition coefficient (Wildman–Crippen LogP) is 2.32. The highest BCUT2D eigenvalue weighted by Gasteiger charge is 2.21. The number of anilines is 1. The zero-order valence-corrected chi connectivity index (χ0v) is 19.1. The number of hydrogen-bond acceptors (Lipinski definition) is 7. The van der Waals surface area contributed by atoms with Crippen LogP contribution in [0.3, 0.4) is 0 Å². The first-order valence-corrected chi connectivity index (χ1v) is 12.8. The lowest BCUT2D eigenvalue weighted by molar-refractivity contribution is -0.118. The molecular formula is C22H26N4O3S2. The van der Waals surface area contributed by atoms with Gasteiger partial charge in [-0.05, 0) is 31.2 Å². The molecule has 1 saturated heterocycles. The van der Waals surface area contributed by atoms with E-state index in [0.717, 1.165) is 42.4 Å². The summed E-state index contributed by atoms with van der Waals surface area (Å²) in [5.74, 6) is -0.991. The lowest BCUT2D eigenvalue weighted by Crippen LogP contribution is -2.48. The second-order valence-corrected chi connectivity index (χ2v) is 10.7. The van der Waals surface area contributed by atoms with Gasteiger partial charge in [0.05, 0.1) is 15.1 Å². The van der Waals surface area contributed by atoms with Gasteiger partial charge >= 0.3 is 0 Å². The van der Waals surface area contributed by atoms with E-state index in [1.807, 2.05) is 25.1 Å². The Hall–Kier alpha value is -2.49. The fourth-order valence-electron chi connectivity index (χ4n) is 3.56. The van der Waals surface area contributed by atoms with Crippen molar-refractivity contribution in [2.24, 2.45) is 0 Å². The van der Waals surface area contributed by atoms with Crippen LogP contribution in [0.4, 0.5) is 5.13 Å². The number of aromatic nitrogens is 1. The lowest BCUT2D eigenvalue weighted by Gasteiger charge is -2.34. The van der Waals surface area contributed by atoms with Gasteiger partial charge in [-0.1, -0.05) is 41.2 Å². The molecule has 0 unspecified atom stereocenters. The Morgan fingerprint density at radius 3 is 2.48 bits per heavy atom. The van der Waals surface area contributed by atoms with Gasteiger partial charge in [-0.25, -0.2) is 13.4 Å². The molecule has 0 atom stereocenters. The van der Waals surface area contributed by atoms with Gasteiger partial charge in [0.2, 0.25) is 5.91 Å². The van der Waals surface area contributed by atoms with Crippen molar-refractivity contribution in [3.05, 3.63) is 54.1 Å². The minimum absolute atomic E-state index is 0.180. The fourth-order valence-corrected chi connectivity index (χ4v) is 5.75. The van der Waals surface area contributed by atoms with Gasteiger partial charge < -0.3 is 10.2 Å². The number of piperazine rings is 1. The molecule has 0 aliphatic carbocycles. The van der Waals surface area contributed by atoms with Crippen LogP contribution in [0.25, 0.3) is 10.2 Å². The Morgan fingerprint density at radius 1 is 1.06 bits per heavy atom. The summed E-state index contributed by atoms with van der Waals surface area (Å²) in [5, 5.41) is 3.80. The molecule has 1 amide bonds. The summed E-state index contributed by atoms with van der Waals surface area (Å²) in [6, 6.07) is 14.7. The van der Waals surface area contributed by atoms with E-state index in [0.29, 0.717) is 13.1 Å². The number of hydrogen-bond donors (Lipinski definition) is 1. The van der Waals surface area contributed by atoms with Crippen LogP contribution >= 0.6 is 11.3 Å². The molecule has 3 aromatic rings. The van der Waals surface area contributed by atoms with Gasteiger partial charge in [0.15, 0.2) is 15.0 Å². The molecule has 1 aliphatic rings. The van der Waals surface area contributed by atoms with E-state index in [1.165, 1.54) is 4.70 Å². The molecule has 0 radical (unpaired) electrons. The molecule has 31 heavy (non-hydrogen) atoms. The van der Waals surface area contributed by atoms with Crippen LogP contribution in [-0.4, -0.2) is 69.2 Å². The van der Waals surface area contributed by atoms with E-state index < -0.39 is 21.5 Å². The van der Waals surface area contributed by atoms with Gasteiger partial charge in [-0.3, -0.25) is 9.69 Å². The van der Waals surface area contributed by atoms with E-state index in [4.69, 9.17) is 4.98 Å². The van der Waals surface area contributed by atoms with Crippen LogP contribution in [0.5, 0.6) is 0 Å². The molecule has 164 valence electrons. The first kappa shape index (κ1) is 21.7. The molecule has 1 N–H and O–H groups in total. The maximum absolute atomic E-state index is 12.4. The molecule has 1 fully saturated rings. The molecule has 2 heterocycles. The van der Waals surface area contributed by atoms with Gasteiger partial charge in [0, 0.05) is 39.3 Å². The number of nitrogens with one attached hydrogen (secondary N) is 1. The summed E-state index contributed by atoms with van der Waals surface area (Å²) in [7, 11) is -3.62. The second kappa shape index (κ2) is 9.33. The van der Waals surface area contributed by atoms with E-state index in [9.17, 15) is 13.2 Å². The predicted molar refractivity (Wildman–Crippen MR) is 125 cm³/mol. The topological polar surface area (TPSA) is 82.6 Å². The molecule has 2 aromatic carbocycles. The van der Waals surface area contributed by atoms with Crippen LogP contribution < -0.4 is 10.2 Å². The van der Waals surface area contributed by atoms with Crippen LogP contribution in [-0.2, 0) is 14.6 Å². The Bertz CT molecular complexity index is 1120. The number of fused-ring (bicyclic) bond motifs is 1. The summed E-state index contributed by atoms with van der Waals surface area (Å²) in [6.07, 6.45) is 0. The third-order valence-electron chi connectivity index (χ3n) is 5.38. The van der Waals surface area contributed by atoms with Crippen molar-refractivity contribution >= 4 is 42.4 Å². The Labute approximate surface area is 186 Å². The highest BCUT2D eigenvalue weighted by Crippen LogP contribution is 2.29. The normalized spacial score (nSPS) is 15.3. The van der Waals surface area contributed by atoms with E-state index >= 15 is 0 Å². The highest BCUT2D eigenvalue weighted by molar-refractivity contribution is 7.92. The summed E-state index contributed by atoms with van der Waals surface area (Å²) < 4.78 is 25.9. The molecule has 9 heteroatoms. The van der Waals surface area contributed by atoms with Gasteiger partial charge in [-0.2, -0.15) is 0 Å². The number of aryl methyl sites for hydroxylation is 1. The maximum Gasteiger partial charge on any atom is 0.235 e.